The molecule has 0 fully saturated rings. The zero-order valence-corrected chi connectivity index (χ0v) is 11.5. The summed E-state index contributed by atoms with van der Waals surface area (Å²) in [7, 11) is 0. The summed E-state index contributed by atoms with van der Waals surface area (Å²) in [6.45, 7) is 0.868. The molecule has 3 aromatic rings. The van der Waals surface area contributed by atoms with E-state index in [1.807, 2.05) is 0 Å². The fourth-order valence-corrected chi connectivity index (χ4v) is 2.57. The molecule has 5 nitrogen and oxygen atoms in total. The van der Waals surface area contributed by atoms with E-state index in [0.29, 0.717) is 41.2 Å². The molecule has 0 saturated heterocycles. The highest BCUT2D eigenvalue weighted by molar-refractivity contribution is 5.83. The number of benzene rings is 2. The minimum Gasteiger partial charge on any atom is -0.502 e. The average Bonchev–Trinajstić information content (AvgIpc) is 2.58. The third-order valence-corrected chi connectivity index (χ3v) is 3.58. The predicted octanol–water partition coefficient (Wildman–Crippen LogP) is 2.94. The van der Waals surface area contributed by atoms with Crippen LogP contribution in [0.25, 0.3) is 22.3 Å². The number of ether oxygens (including phenoxy) is 2. The van der Waals surface area contributed by atoms with Crippen LogP contribution in [0.4, 0.5) is 0 Å². The molecule has 0 saturated carbocycles. The van der Waals surface area contributed by atoms with Gasteiger partial charge in [-0.05, 0) is 24.3 Å². The topological polar surface area (TPSA) is 68.9 Å². The molecule has 0 aliphatic carbocycles. The first-order valence-electron chi connectivity index (χ1n) is 6.89. The van der Waals surface area contributed by atoms with Crippen LogP contribution in [0.3, 0.4) is 0 Å². The second-order valence-corrected chi connectivity index (χ2v) is 4.93. The summed E-state index contributed by atoms with van der Waals surface area (Å²) in [5.74, 6) is 0.703. The molecule has 1 aromatic heterocycles. The summed E-state index contributed by atoms with van der Waals surface area (Å²) in [6, 6.07) is 12.1. The Kier molecular flexibility index (Phi) is 2.79. The van der Waals surface area contributed by atoms with E-state index in [2.05, 4.69) is 0 Å². The van der Waals surface area contributed by atoms with E-state index in [0.717, 1.165) is 0 Å². The Morgan fingerprint density at radius 2 is 1.77 bits per heavy atom. The Hall–Kier alpha value is -2.95. The van der Waals surface area contributed by atoms with Crippen molar-refractivity contribution in [3.63, 3.8) is 0 Å². The fourth-order valence-electron chi connectivity index (χ4n) is 2.57. The smallest absolute Gasteiger partial charge is 0.235 e. The molecule has 110 valence electrons. The van der Waals surface area contributed by atoms with Gasteiger partial charge in [-0.1, -0.05) is 18.2 Å². The van der Waals surface area contributed by atoms with Gasteiger partial charge in [0.25, 0.3) is 0 Å². The summed E-state index contributed by atoms with van der Waals surface area (Å²) in [4.78, 5) is 12.3. The Balaban J connectivity index is 2.03. The molecule has 2 aromatic carbocycles. The first kappa shape index (κ1) is 12.8. The highest BCUT2D eigenvalue weighted by Gasteiger charge is 2.22. The van der Waals surface area contributed by atoms with Crippen LogP contribution in [-0.2, 0) is 0 Å². The molecule has 0 amide bonds. The monoisotopic (exact) mass is 296 g/mol. The third kappa shape index (κ3) is 1.83. The van der Waals surface area contributed by atoms with Crippen molar-refractivity contribution in [2.45, 2.75) is 0 Å². The fraction of sp³-hybridized carbons (Fsp3) is 0.118. The largest absolute Gasteiger partial charge is 0.502 e. The van der Waals surface area contributed by atoms with E-state index < -0.39 is 11.2 Å². The van der Waals surface area contributed by atoms with Gasteiger partial charge >= 0.3 is 0 Å². The van der Waals surface area contributed by atoms with Crippen LogP contribution in [0.1, 0.15) is 0 Å². The van der Waals surface area contributed by atoms with Gasteiger partial charge < -0.3 is 19.0 Å². The maximum Gasteiger partial charge on any atom is 0.235 e. The molecule has 1 N–H and O–H groups in total. The molecular weight excluding hydrogens is 284 g/mol. The SMILES string of the molecule is O=c1c(O)c(-c2cccc3c2OCCO3)oc2ccccc12. The van der Waals surface area contributed by atoms with Gasteiger partial charge in [-0.25, -0.2) is 0 Å². The lowest BCUT2D eigenvalue weighted by Crippen LogP contribution is -2.16. The zero-order valence-electron chi connectivity index (χ0n) is 11.5. The Labute approximate surface area is 125 Å². The summed E-state index contributed by atoms with van der Waals surface area (Å²) in [5.41, 5.74) is 0.443. The number of hydrogen-bond donors (Lipinski definition) is 1. The molecule has 4 rings (SSSR count). The van der Waals surface area contributed by atoms with Crippen molar-refractivity contribution >= 4 is 11.0 Å². The molecular formula is C17H12O5. The summed E-state index contributed by atoms with van der Waals surface area (Å²) < 4.78 is 16.9. The van der Waals surface area contributed by atoms with E-state index in [-0.39, 0.29) is 5.76 Å². The maximum atomic E-state index is 12.3. The van der Waals surface area contributed by atoms with Gasteiger partial charge in [0.05, 0.1) is 10.9 Å². The van der Waals surface area contributed by atoms with Gasteiger partial charge in [0.1, 0.15) is 18.8 Å². The Bertz CT molecular complexity index is 926. The van der Waals surface area contributed by atoms with Gasteiger partial charge in [0.15, 0.2) is 17.3 Å². The number of rotatable bonds is 1. The normalized spacial score (nSPS) is 13.3. The third-order valence-electron chi connectivity index (χ3n) is 3.58. The van der Waals surface area contributed by atoms with Crippen molar-refractivity contribution < 1.29 is 19.0 Å². The highest BCUT2D eigenvalue weighted by atomic mass is 16.6. The number of aromatic hydroxyl groups is 1. The number of hydrogen-bond acceptors (Lipinski definition) is 5. The standard InChI is InChI=1S/C17H12O5/c18-14-10-4-1-2-6-12(10)22-17(15(14)19)11-5-3-7-13-16(11)21-9-8-20-13/h1-7,19H,8-9H2. The minimum atomic E-state index is -0.466. The van der Waals surface area contributed by atoms with Gasteiger partial charge in [-0.3, -0.25) is 4.79 Å². The van der Waals surface area contributed by atoms with E-state index in [4.69, 9.17) is 13.9 Å². The predicted molar refractivity (Wildman–Crippen MR) is 80.6 cm³/mol. The lowest BCUT2D eigenvalue weighted by Gasteiger charge is -2.20. The van der Waals surface area contributed by atoms with Crippen LogP contribution >= 0.6 is 0 Å². The quantitative estimate of drug-likeness (QED) is 0.747. The molecule has 1 aliphatic heterocycles. The lowest BCUT2D eigenvalue weighted by molar-refractivity contribution is 0.172. The number of para-hydroxylation sites is 2. The summed E-state index contributed by atoms with van der Waals surface area (Å²) in [5, 5.41) is 10.6. The van der Waals surface area contributed by atoms with Crippen LogP contribution in [0, 0.1) is 0 Å². The molecule has 0 bridgehead atoms. The van der Waals surface area contributed by atoms with Gasteiger partial charge in [0, 0.05) is 0 Å². The lowest BCUT2D eigenvalue weighted by atomic mass is 10.1. The summed E-state index contributed by atoms with van der Waals surface area (Å²) >= 11 is 0. The zero-order chi connectivity index (χ0) is 15.1. The molecule has 0 radical (unpaired) electrons. The van der Waals surface area contributed by atoms with Crippen LogP contribution in [0.5, 0.6) is 17.2 Å². The van der Waals surface area contributed by atoms with Crippen LogP contribution in [-0.4, -0.2) is 18.3 Å². The molecule has 2 heterocycles. The molecule has 22 heavy (non-hydrogen) atoms. The summed E-state index contributed by atoms with van der Waals surface area (Å²) in [6.07, 6.45) is 0. The van der Waals surface area contributed by atoms with E-state index in [1.165, 1.54) is 0 Å². The first-order valence-corrected chi connectivity index (χ1v) is 6.89. The molecule has 0 unspecified atom stereocenters. The van der Waals surface area contributed by atoms with E-state index >= 15 is 0 Å². The van der Waals surface area contributed by atoms with Gasteiger partial charge in [-0.15, -0.1) is 0 Å². The van der Waals surface area contributed by atoms with E-state index in [9.17, 15) is 9.90 Å². The Morgan fingerprint density at radius 3 is 2.68 bits per heavy atom. The van der Waals surface area contributed by atoms with Crippen molar-refractivity contribution in [2.24, 2.45) is 0 Å². The minimum absolute atomic E-state index is 0.0889. The van der Waals surface area contributed by atoms with Gasteiger partial charge in [0.2, 0.25) is 11.2 Å². The van der Waals surface area contributed by atoms with Gasteiger partial charge in [-0.2, -0.15) is 0 Å². The van der Waals surface area contributed by atoms with Crippen LogP contribution in [0.15, 0.2) is 51.7 Å². The van der Waals surface area contributed by atoms with E-state index in [1.54, 1.807) is 42.5 Å². The maximum absolute atomic E-state index is 12.3. The second-order valence-electron chi connectivity index (χ2n) is 4.93. The molecule has 0 spiro atoms. The van der Waals surface area contributed by atoms with Crippen LogP contribution in [0.2, 0.25) is 0 Å². The van der Waals surface area contributed by atoms with Crippen LogP contribution < -0.4 is 14.9 Å². The van der Waals surface area contributed by atoms with Crippen molar-refractivity contribution in [1.82, 2.24) is 0 Å². The van der Waals surface area contributed by atoms with Crippen molar-refractivity contribution in [3.8, 4) is 28.6 Å². The molecule has 0 atom stereocenters. The Morgan fingerprint density at radius 1 is 0.955 bits per heavy atom. The molecule has 5 heteroatoms. The van der Waals surface area contributed by atoms with Crippen molar-refractivity contribution in [3.05, 3.63) is 52.7 Å². The highest BCUT2D eigenvalue weighted by Crippen LogP contribution is 2.42. The second kappa shape index (κ2) is 4.80. The number of fused-ring (bicyclic) bond motifs is 2. The van der Waals surface area contributed by atoms with Crippen molar-refractivity contribution in [1.29, 1.82) is 0 Å². The molecule has 1 aliphatic rings. The average molecular weight is 296 g/mol. The first-order chi connectivity index (χ1) is 10.8. The van der Waals surface area contributed by atoms with Crippen molar-refractivity contribution in [2.75, 3.05) is 13.2 Å².